The molecule has 0 aliphatic rings. The zero-order valence-corrected chi connectivity index (χ0v) is 14.6. The van der Waals surface area contributed by atoms with Gasteiger partial charge in [0.15, 0.2) is 0 Å². The number of nitrogens with zero attached hydrogens (tertiary/aromatic N) is 1. The fraction of sp³-hybridized carbons (Fsp3) is 0. The molecule has 2 N–H and O–H groups in total. The molecule has 9 heteroatoms. The number of amides is 1. The Morgan fingerprint density at radius 3 is 2.36 bits per heavy atom. The molecule has 2 aromatic carbocycles. The van der Waals surface area contributed by atoms with Crippen LogP contribution in [0.1, 0.15) is 10.4 Å². The van der Waals surface area contributed by atoms with Crippen LogP contribution in [0.2, 0.25) is 5.02 Å². The van der Waals surface area contributed by atoms with E-state index in [-0.39, 0.29) is 22.0 Å². The number of hydrogen-bond acceptors (Lipinski definition) is 4. The highest BCUT2D eigenvalue weighted by molar-refractivity contribution is 9.11. The summed E-state index contributed by atoms with van der Waals surface area (Å²) in [4.78, 5) is 22.4. The third-order valence-corrected chi connectivity index (χ3v) is 4.22. The molecule has 0 aliphatic carbocycles. The molecule has 0 aromatic heterocycles. The van der Waals surface area contributed by atoms with E-state index in [1.807, 2.05) is 0 Å². The highest BCUT2D eigenvalue weighted by atomic mass is 79.9. The van der Waals surface area contributed by atoms with Crippen LogP contribution in [0.5, 0.6) is 5.75 Å². The van der Waals surface area contributed by atoms with Gasteiger partial charge >= 0.3 is 0 Å². The van der Waals surface area contributed by atoms with Crippen molar-refractivity contribution in [2.75, 3.05) is 5.32 Å². The third kappa shape index (κ3) is 3.57. The summed E-state index contributed by atoms with van der Waals surface area (Å²) >= 11 is 12.2. The minimum Gasteiger partial charge on any atom is -0.506 e. The van der Waals surface area contributed by atoms with Crippen molar-refractivity contribution < 1.29 is 14.8 Å². The summed E-state index contributed by atoms with van der Waals surface area (Å²) in [5, 5.41) is 23.0. The monoisotopic (exact) mass is 448 g/mol. The number of phenolic OH excluding ortho intramolecular Hbond substituents is 1. The first-order valence-corrected chi connectivity index (χ1v) is 7.69. The molecule has 0 aliphatic heterocycles. The lowest BCUT2D eigenvalue weighted by Gasteiger charge is -2.09. The van der Waals surface area contributed by atoms with Crippen molar-refractivity contribution >= 4 is 60.7 Å². The van der Waals surface area contributed by atoms with Crippen LogP contribution in [0.3, 0.4) is 0 Å². The number of carbonyl (C=O) groups is 1. The van der Waals surface area contributed by atoms with E-state index in [4.69, 9.17) is 11.6 Å². The lowest BCUT2D eigenvalue weighted by Crippen LogP contribution is -2.13. The minimum atomic E-state index is -0.610. The van der Waals surface area contributed by atoms with Crippen molar-refractivity contribution in [3.8, 4) is 5.75 Å². The van der Waals surface area contributed by atoms with E-state index in [1.165, 1.54) is 24.3 Å². The Morgan fingerprint density at radius 2 is 1.82 bits per heavy atom. The van der Waals surface area contributed by atoms with E-state index in [0.717, 1.165) is 6.07 Å². The first-order chi connectivity index (χ1) is 10.3. The number of phenols is 1. The van der Waals surface area contributed by atoms with Crippen LogP contribution in [0.25, 0.3) is 0 Å². The Hall–Kier alpha value is -1.64. The van der Waals surface area contributed by atoms with Gasteiger partial charge in [0.25, 0.3) is 11.6 Å². The maximum Gasteiger partial charge on any atom is 0.270 e. The second kappa shape index (κ2) is 6.64. The number of carbonyl (C=O) groups excluding carboxylic acids is 1. The number of hydrogen-bond donors (Lipinski definition) is 2. The molecule has 0 atom stereocenters. The van der Waals surface area contributed by atoms with Crippen LogP contribution in [0.15, 0.2) is 39.3 Å². The SMILES string of the molecule is O=C(Nc1cc(Br)c(O)c(Br)c1)c1cc([N+](=O)[O-])ccc1Cl. The smallest absolute Gasteiger partial charge is 0.270 e. The van der Waals surface area contributed by atoms with Crippen LogP contribution in [0.4, 0.5) is 11.4 Å². The Labute approximate surface area is 146 Å². The molecule has 0 saturated heterocycles. The molecule has 114 valence electrons. The molecule has 0 bridgehead atoms. The molecule has 0 heterocycles. The fourth-order valence-electron chi connectivity index (χ4n) is 1.64. The minimum absolute atomic E-state index is 0.00798. The van der Waals surface area contributed by atoms with E-state index in [2.05, 4.69) is 37.2 Å². The van der Waals surface area contributed by atoms with E-state index >= 15 is 0 Å². The first-order valence-electron chi connectivity index (χ1n) is 5.73. The molecule has 0 fully saturated rings. The summed E-state index contributed by atoms with van der Waals surface area (Å²) in [5.74, 6) is -0.607. The molecule has 0 radical (unpaired) electrons. The van der Waals surface area contributed by atoms with Gasteiger partial charge in [-0.3, -0.25) is 14.9 Å². The molecule has 0 saturated carbocycles. The predicted octanol–water partition coefficient (Wildman–Crippen LogP) is 4.73. The molecular weight excluding hydrogens is 443 g/mol. The Balaban J connectivity index is 2.33. The predicted molar refractivity (Wildman–Crippen MR) is 89.6 cm³/mol. The normalized spacial score (nSPS) is 10.3. The number of non-ortho nitro benzene ring substituents is 1. The summed E-state index contributed by atoms with van der Waals surface area (Å²) in [7, 11) is 0. The van der Waals surface area contributed by atoms with Crippen LogP contribution < -0.4 is 5.32 Å². The van der Waals surface area contributed by atoms with Gasteiger partial charge in [0, 0.05) is 17.8 Å². The van der Waals surface area contributed by atoms with Crippen molar-refractivity contribution in [1.29, 1.82) is 0 Å². The van der Waals surface area contributed by atoms with Gasteiger partial charge in [0.1, 0.15) is 5.75 Å². The molecular formula is C13H7Br2ClN2O4. The lowest BCUT2D eigenvalue weighted by atomic mass is 10.2. The summed E-state index contributed by atoms with van der Waals surface area (Å²) in [6.45, 7) is 0. The van der Waals surface area contributed by atoms with E-state index in [9.17, 15) is 20.0 Å². The number of halogens is 3. The van der Waals surface area contributed by atoms with Crippen LogP contribution in [-0.4, -0.2) is 15.9 Å². The number of aromatic hydroxyl groups is 1. The van der Waals surface area contributed by atoms with E-state index < -0.39 is 10.8 Å². The zero-order chi connectivity index (χ0) is 16.4. The van der Waals surface area contributed by atoms with Crippen molar-refractivity contribution in [2.45, 2.75) is 0 Å². The molecule has 1 amide bonds. The van der Waals surface area contributed by atoms with Crippen LogP contribution >= 0.6 is 43.5 Å². The largest absolute Gasteiger partial charge is 0.506 e. The molecule has 6 nitrogen and oxygen atoms in total. The van der Waals surface area contributed by atoms with E-state index in [1.54, 1.807) is 0 Å². The van der Waals surface area contributed by atoms with Crippen LogP contribution in [0, 0.1) is 10.1 Å². The van der Waals surface area contributed by atoms with Gasteiger partial charge in [-0.15, -0.1) is 0 Å². The first kappa shape index (κ1) is 16.7. The lowest BCUT2D eigenvalue weighted by molar-refractivity contribution is -0.384. The number of rotatable bonds is 3. The second-order valence-corrected chi connectivity index (χ2v) is 6.28. The molecule has 0 unspecified atom stereocenters. The maximum absolute atomic E-state index is 12.2. The van der Waals surface area contributed by atoms with Gasteiger partial charge < -0.3 is 10.4 Å². The second-order valence-electron chi connectivity index (χ2n) is 4.16. The maximum atomic E-state index is 12.2. The summed E-state index contributed by atoms with van der Waals surface area (Å²) in [6.07, 6.45) is 0. The standard InChI is InChI=1S/C13H7Br2ClN2O4/c14-9-3-6(4-10(15)12(9)19)17-13(20)8-5-7(18(21)22)1-2-11(8)16/h1-5,19H,(H,17,20). The molecule has 2 rings (SSSR count). The van der Waals surface area contributed by atoms with E-state index in [0.29, 0.717) is 14.6 Å². The van der Waals surface area contributed by atoms with Gasteiger partial charge in [0.2, 0.25) is 0 Å². The number of nitro benzene ring substituents is 1. The van der Waals surface area contributed by atoms with Crippen molar-refractivity contribution in [1.82, 2.24) is 0 Å². The Kier molecular flexibility index (Phi) is 5.05. The third-order valence-electron chi connectivity index (χ3n) is 2.68. The molecule has 22 heavy (non-hydrogen) atoms. The average molecular weight is 450 g/mol. The topological polar surface area (TPSA) is 92.5 Å². The summed E-state index contributed by atoms with van der Waals surface area (Å²) in [5.41, 5.74) is 0.128. The number of nitro groups is 1. The molecule has 2 aromatic rings. The van der Waals surface area contributed by atoms with Gasteiger partial charge in [-0.2, -0.15) is 0 Å². The Morgan fingerprint density at radius 1 is 1.23 bits per heavy atom. The van der Waals surface area contributed by atoms with Crippen molar-refractivity contribution in [3.63, 3.8) is 0 Å². The Bertz CT molecular complexity index is 760. The van der Waals surface area contributed by atoms with Gasteiger partial charge in [0.05, 0.1) is 24.5 Å². The average Bonchev–Trinajstić information content (AvgIpc) is 2.44. The fourth-order valence-corrected chi connectivity index (χ4v) is 3.03. The summed E-state index contributed by atoms with van der Waals surface area (Å²) < 4.78 is 0.754. The number of nitrogens with one attached hydrogen (secondary N) is 1. The number of anilines is 1. The number of benzene rings is 2. The van der Waals surface area contributed by atoms with Crippen molar-refractivity contribution in [2.24, 2.45) is 0 Å². The van der Waals surface area contributed by atoms with Gasteiger partial charge in [-0.05, 0) is 50.1 Å². The highest BCUT2D eigenvalue weighted by Crippen LogP contribution is 2.35. The highest BCUT2D eigenvalue weighted by Gasteiger charge is 2.17. The van der Waals surface area contributed by atoms with Gasteiger partial charge in [-0.1, -0.05) is 11.6 Å². The quantitative estimate of drug-likeness (QED) is 0.402. The van der Waals surface area contributed by atoms with Crippen molar-refractivity contribution in [3.05, 3.63) is 60.0 Å². The molecule has 0 spiro atoms. The zero-order valence-electron chi connectivity index (χ0n) is 10.6. The van der Waals surface area contributed by atoms with Gasteiger partial charge in [-0.25, -0.2) is 0 Å². The van der Waals surface area contributed by atoms with Crippen LogP contribution in [-0.2, 0) is 0 Å². The summed E-state index contributed by atoms with van der Waals surface area (Å²) in [6, 6.07) is 6.58.